The number of aliphatic hydroxyl groups excluding tert-OH is 1. The number of rotatable bonds is 8. The average molecular weight is 356 g/mol. The Hall–Kier alpha value is -1.28. The van der Waals surface area contributed by atoms with Crippen molar-refractivity contribution in [3.05, 3.63) is 34.6 Å². The lowest BCUT2D eigenvalue weighted by atomic mass is 10.2. The second-order valence-electron chi connectivity index (χ2n) is 4.50. The summed E-state index contributed by atoms with van der Waals surface area (Å²) in [6.07, 6.45) is 0. The van der Waals surface area contributed by atoms with E-state index in [9.17, 15) is 0 Å². The normalized spacial score (nSPS) is 11.2. The van der Waals surface area contributed by atoms with Crippen LogP contribution in [0.3, 0.4) is 0 Å². The molecule has 0 atom stereocenters. The first-order chi connectivity index (χ1) is 10.2. The molecule has 0 spiro atoms. The third kappa shape index (κ3) is 4.89. The van der Waals surface area contributed by atoms with E-state index in [4.69, 9.17) is 14.3 Å². The highest BCUT2D eigenvalue weighted by molar-refractivity contribution is 9.10. The molecule has 1 aromatic carbocycles. The monoisotopic (exact) mass is 355 g/mol. The number of aromatic nitrogens is 2. The maximum atomic E-state index is 9.07. The van der Waals surface area contributed by atoms with Crippen LogP contribution in [0.1, 0.15) is 5.89 Å². The minimum Gasteiger partial charge on any atom is -0.419 e. The van der Waals surface area contributed by atoms with E-state index in [1.165, 1.54) is 0 Å². The van der Waals surface area contributed by atoms with Crippen molar-refractivity contribution < 1.29 is 14.3 Å². The molecule has 21 heavy (non-hydrogen) atoms. The molecule has 7 heteroatoms. The van der Waals surface area contributed by atoms with Gasteiger partial charge in [0.25, 0.3) is 0 Å². The third-order valence-corrected chi connectivity index (χ3v) is 3.47. The molecular formula is C14H18BrN3O3. The molecule has 1 heterocycles. The number of ether oxygens (including phenoxy) is 1. The molecule has 0 aliphatic heterocycles. The number of hydrogen-bond acceptors (Lipinski definition) is 6. The van der Waals surface area contributed by atoms with E-state index in [0.29, 0.717) is 38.0 Å². The minimum atomic E-state index is 0.0808. The van der Waals surface area contributed by atoms with Gasteiger partial charge in [-0.25, -0.2) is 0 Å². The van der Waals surface area contributed by atoms with Gasteiger partial charge in [-0.15, -0.1) is 10.2 Å². The van der Waals surface area contributed by atoms with Gasteiger partial charge in [0.15, 0.2) is 0 Å². The van der Waals surface area contributed by atoms with E-state index in [1.807, 2.05) is 29.2 Å². The fourth-order valence-corrected chi connectivity index (χ4v) is 2.11. The number of aliphatic hydroxyl groups is 1. The maximum absolute atomic E-state index is 9.07. The van der Waals surface area contributed by atoms with E-state index in [1.54, 1.807) is 7.11 Å². The molecule has 0 aliphatic rings. The highest BCUT2D eigenvalue weighted by Gasteiger charge is 2.12. The summed E-state index contributed by atoms with van der Waals surface area (Å²) in [6.45, 7) is 2.41. The van der Waals surface area contributed by atoms with Gasteiger partial charge in [-0.2, -0.15) is 0 Å². The lowest BCUT2D eigenvalue weighted by Crippen LogP contribution is -2.30. The highest BCUT2D eigenvalue weighted by Crippen LogP contribution is 2.20. The molecule has 2 rings (SSSR count). The summed E-state index contributed by atoms with van der Waals surface area (Å²) in [5.41, 5.74) is 0.877. The summed E-state index contributed by atoms with van der Waals surface area (Å²) in [5.74, 6) is 1.02. The van der Waals surface area contributed by atoms with Crippen LogP contribution in [-0.4, -0.2) is 53.6 Å². The Balaban J connectivity index is 2.02. The number of halogens is 1. The fraction of sp³-hybridized carbons (Fsp3) is 0.429. The van der Waals surface area contributed by atoms with Gasteiger partial charge in [-0.3, -0.25) is 4.90 Å². The Morgan fingerprint density at radius 3 is 2.67 bits per heavy atom. The van der Waals surface area contributed by atoms with Gasteiger partial charge in [-0.1, -0.05) is 15.9 Å². The van der Waals surface area contributed by atoms with Crippen molar-refractivity contribution in [2.24, 2.45) is 0 Å². The lowest BCUT2D eigenvalue weighted by Gasteiger charge is -2.18. The van der Waals surface area contributed by atoms with Crippen molar-refractivity contribution in [2.75, 3.05) is 33.4 Å². The molecule has 0 saturated carbocycles. The van der Waals surface area contributed by atoms with Gasteiger partial charge in [0.2, 0.25) is 11.8 Å². The molecule has 0 fully saturated rings. The predicted molar refractivity (Wildman–Crippen MR) is 81.7 cm³/mol. The van der Waals surface area contributed by atoms with Crippen molar-refractivity contribution in [1.29, 1.82) is 0 Å². The van der Waals surface area contributed by atoms with Crippen LogP contribution in [0.15, 0.2) is 33.2 Å². The number of nitrogens with zero attached hydrogens (tertiary/aromatic N) is 3. The summed E-state index contributed by atoms with van der Waals surface area (Å²) < 4.78 is 11.7. The van der Waals surface area contributed by atoms with E-state index in [0.717, 1.165) is 10.0 Å². The van der Waals surface area contributed by atoms with Crippen molar-refractivity contribution >= 4 is 15.9 Å². The summed E-state index contributed by atoms with van der Waals surface area (Å²) in [4.78, 5) is 2.00. The zero-order chi connectivity index (χ0) is 15.1. The molecule has 1 N–H and O–H groups in total. The summed E-state index contributed by atoms with van der Waals surface area (Å²) >= 11 is 3.39. The van der Waals surface area contributed by atoms with E-state index in [-0.39, 0.29) is 6.61 Å². The predicted octanol–water partition coefficient (Wildman–Crippen LogP) is 1.94. The van der Waals surface area contributed by atoms with Crippen molar-refractivity contribution in [3.8, 4) is 11.5 Å². The van der Waals surface area contributed by atoms with Crippen molar-refractivity contribution in [1.82, 2.24) is 15.1 Å². The Labute approximate surface area is 131 Å². The van der Waals surface area contributed by atoms with Gasteiger partial charge >= 0.3 is 0 Å². The number of methoxy groups -OCH3 is 1. The average Bonchev–Trinajstić information content (AvgIpc) is 2.94. The topological polar surface area (TPSA) is 71.6 Å². The van der Waals surface area contributed by atoms with Crippen LogP contribution in [0.2, 0.25) is 0 Å². The second-order valence-corrected chi connectivity index (χ2v) is 5.42. The zero-order valence-electron chi connectivity index (χ0n) is 11.8. The maximum Gasteiger partial charge on any atom is 0.247 e. The van der Waals surface area contributed by atoms with Crippen molar-refractivity contribution in [3.63, 3.8) is 0 Å². The van der Waals surface area contributed by atoms with Crippen LogP contribution >= 0.6 is 15.9 Å². The zero-order valence-corrected chi connectivity index (χ0v) is 13.4. The molecule has 6 nitrogen and oxygen atoms in total. The second kappa shape index (κ2) is 8.23. The van der Waals surface area contributed by atoms with Crippen molar-refractivity contribution in [2.45, 2.75) is 6.54 Å². The summed E-state index contributed by atoms with van der Waals surface area (Å²) in [7, 11) is 1.65. The van der Waals surface area contributed by atoms with Crippen LogP contribution < -0.4 is 0 Å². The molecule has 0 unspecified atom stereocenters. The Morgan fingerprint density at radius 2 is 2.00 bits per heavy atom. The molecule has 2 aromatic rings. The largest absolute Gasteiger partial charge is 0.419 e. The molecule has 0 radical (unpaired) electrons. The molecule has 1 aromatic heterocycles. The first-order valence-corrected chi connectivity index (χ1v) is 7.42. The summed E-state index contributed by atoms with van der Waals surface area (Å²) in [6, 6.07) is 7.68. The molecule has 0 saturated heterocycles. The molecule has 0 amide bonds. The van der Waals surface area contributed by atoms with Crippen LogP contribution in [-0.2, 0) is 11.3 Å². The Bertz CT molecular complexity index is 545. The van der Waals surface area contributed by atoms with Crippen LogP contribution in [0.4, 0.5) is 0 Å². The van der Waals surface area contributed by atoms with Crippen LogP contribution in [0, 0.1) is 0 Å². The van der Waals surface area contributed by atoms with Gasteiger partial charge < -0.3 is 14.3 Å². The Kier molecular flexibility index (Phi) is 6.31. The summed E-state index contributed by atoms with van der Waals surface area (Å²) in [5, 5.41) is 17.2. The van der Waals surface area contributed by atoms with Crippen LogP contribution in [0.5, 0.6) is 0 Å². The standard InChI is InChI=1S/C14H18BrN3O3/c1-20-9-7-18(6-8-19)10-13-16-17-14(21-13)11-2-4-12(15)5-3-11/h2-5,19H,6-10H2,1H3. The van der Waals surface area contributed by atoms with E-state index in [2.05, 4.69) is 26.1 Å². The molecule has 114 valence electrons. The minimum absolute atomic E-state index is 0.0808. The van der Waals surface area contributed by atoms with Gasteiger partial charge in [0, 0.05) is 30.2 Å². The highest BCUT2D eigenvalue weighted by atomic mass is 79.9. The van der Waals surface area contributed by atoms with Gasteiger partial charge in [0.1, 0.15) is 0 Å². The molecule has 0 bridgehead atoms. The van der Waals surface area contributed by atoms with E-state index < -0.39 is 0 Å². The molecular weight excluding hydrogens is 338 g/mol. The smallest absolute Gasteiger partial charge is 0.247 e. The fourth-order valence-electron chi connectivity index (χ4n) is 1.85. The molecule has 0 aliphatic carbocycles. The van der Waals surface area contributed by atoms with Gasteiger partial charge in [-0.05, 0) is 24.3 Å². The van der Waals surface area contributed by atoms with Gasteiger partial charge in [0.05, 0.1) is 19.8 Å². The first kappa shape index (κ1) is 16.1. The third-order valence-electron chi connectivity index (χ3n) is 2.94. The lowest BCUT2D eigenvalue weighted by molar-refractivity contribution is 0.121. The SMILES string of the molecule is COCCN(CCO)Cc1nnc(-c2ccc(Br)cc2)o1. The quantitative estimate of drug-likeness (QED) is 0.780. The number of benzene rings is 1. The first-order valence-electron chi connectivity index (χ1n) is 6.63. The van der Waals surface area contributed by atoms with Crippen LogP contribution in [0.25, 0.3) is 11.5 Å². The number of hydrogen-bond donors (Lipinski definition) is 1. The Morgan fingerprint density at radius 1 is 1.24 bits per heavy atom. The van der Waals surface area contributed by atoms with E-state index >= 15 is 0 Å².